The van der Waals surface area contributed by atoms with Gasteiger partial charge in [-0.05, 0) is 43.4 Å². The molecule has 0 unspecified atom stereocenters. The fourth-order valence-corrected chi connectivity index (χ4v) is 4.55. The average Bonchev–Trinajstić information content (AvgIpc) is 3.25. The highest BCUT2D eigenvalue weighted by Crippen LogP contribution is 2.38. The summed E-state index contributed by atoms with van der Waals surface area (Å²) in [6.45, 7) is 0.480. The Morgan fingerprint density at radius 1 is 1.06 bits per heavy atom. The maximum absolute atomic E-state index is 11.6. The predicted molar refractivity (Wildman–Crippen MR) is 125 cm³/mol. The van der Waals surface area contributed by atoms with E-state index in [0.717, 1.165) is 54.1 Å². The van der Waals surface area contributed by atoms with Crippen molar-refractivity contribution in [2.75, 3.05) is 5.73 Å². The van der Waals surface area contributed by atoms with Gasteiger partial charge in [-0.15, -0.1) is 0 Å². The Labute approximate surface area is 191 Å². The highest BCUT2D eigenvalue weighted by atomic mass is 16.5. The van der Waals surface area contributed by atoms with E-state index >= 15 is 0 Å². The number of nitrogens with two attached hydrogens (primary N) is 2. The maximum Gasteiger partial charge on any atom is 0.220 e. The van der Waals surface area contributed by atoms with Crippen LogP contribution >= 0.6 is 0 Å². The lowest BCUT2D eigenvalue weighted by Gasteiger charge is -2.25. The quantitative estimate of drug-likeness (QED) is 0.469. The first kappa shape index (κ1) is 20.9. The Kier molecular flexibility index (Phi) is 5.64. The number of nitrogens with zero attached hydrogens (tertiary/aromatic N) is 4. The van der Waals surface area contributed by atoms with Gasteiger partial charge in [-0.3, -0.25) is 4.79 Å². The first-order chi connectivity index (χ1) is 16.1. The fourth-order valence-electron chi connectivity index (χ4n) is 4.55. The van der Waals surface area contributed by atoms with Gasteiger partial charge in [0.2, 0.25) is 5.91 Å². The van der Waals surface area contributed by atoms with Crippen LogP contribution in [0, 0.1) is 5.92 Å². The number of rotatable bonds is 6. The molecule has 0 atom stereocenters. The zero-order valence-electron chi connectivity index (χ0n) is 18.2. The molecule has 1 saturated carbocycles. The van der Waals surface area contributed by atoms with E-state index in [2.05, 4.69) is 10.1 Å². The summed E-state index contributed by atoms with van der Waals surface area (Å²) in [6.07, 6.45) is 4.62. The molecule has 2 aromatic carbocycles. The van der Waals surface area contributed by atoms with Gasteiger partial charge in [0, 0.05) is 17.4 Å². The molecule has 1 fully saturated rings. The molecular formula is C25H26N6O2. The second-order valence-electron chi connectivity index (χ2n) is 8.48. The summed E-state index contributed by atoms with van der Waals surface area (Å²) in [5, 5.41) is 4.46. The average molecular weight is 443 g/mol. The van der Waals surface area contributed by atoms with Crippen LogP contribution in [0.2, 0.25) is 0 Å². The van der Waals surface area contributed by atoms with Crippen LogP contribution in [0.3, 0.4) is 0 Å². The molecule has 0 spiro atoms. The minimum atomic E-state index is -0.221. The van der Waals surface area contributed by atoms with E-state index in [1.165, 1.54) is 6.33 Å². The number of hydrogen-bond donors (Lipinski definition) is 2. The van der Waals surface area contributed by atoms with Crippen LogP contribution in [0.25, 0.3) is 16.8 Å². The molecular weight excluding hydrogens is 416 g/mol. The summed E-state index contributed by atoms with van der Waals surface area (Å²) in [6, 6.07) is 17.9. The molecule has 2 heterocycles. The standard InChI is InChI=1S/C25H26N6O2/c26-23-22-21(19-7-4-8-20(13-19)33-14-16-5-2-1-3-6-16)30-25(31(22)29-15-28-23)18-11-9-17(10-12-18)24(27)32/h1-8,13,15,17-18H,9-12,14H2,(H2,27,32)(H2,26,28,29). The van der Waals surface area contributed by atoms with Crippen LogP contribution in [-0.2, 0) is 11.4 Å². The lowest BCUT2D eigenvalue weighted by Crippen LogP contribution is -2.27. The van der Waals surface area contributed by atoms with E-state index in [9.17, 15) is 4.79 Å². The van der Waals surface area contributed by atoms with Crippen molar-refractivity contribution >= 4 is 17.2 Å². The zero-order valence-corrected chi connectivity index (χ0v) is 18.2. The van der Waals surface area contributed by atoms with Gasteiger partial charge in [0.25, 0.3) is 0 Å². The smallest absolute Gasteiger partial charge is 0.220 e. The lowest BCUT2D eigenvalue weighted by atomic mass is 9.81. The number of primary amides is 1. The second-order valence-corrected chi connectivity index (χ2v) is 8.48. The molecule has 8 nitrogen and oxygen atoms in total. The van der Waals surface area contributed by atoms with Gasteiger partial charge >= 0.3 is 0 Å². The van der Waals surface area contributed by atoms with Crippen molar-refractivity contribution in [2.45, 2.75) is 38.2 Å². The number of benzene rings is 2. The van der Waals surface area contributed by atoms with Crippen molar-refractivity contribution in [1.29, 1.82) is 0 Å². The maximum atomic E-state index is 11.6. The summed E-state index contributed by atoms with van der Waals surface area (Å²) in [5.74, 6) is 1.85. The van der Waals surface area contributed by atoms with Gasteiger partial charge in [0.05, 0.1) is 0 Å². The van der Waals surface area contributed by atoms with Crippen molar-refractivity contribution in [1.82, 2.24) is 19.6 Å². The van der Waals surface area contributed by atoms with E-state index in [4.69, 9.17) is 21.2 Å². The minimum Gasteiger partial charge on any atom is -0.489 e. The SMILES string of the molecule is NC(=O)C1CCC(c2nc(-c3cccc(OCc4ccccc4)c3)c3c(N)ncnn23)CC1. The van der Waals surface area contributed by atoms with E-state index < -0.39 is 0 Å². The van der Waals surface area contributed by atoms with Gasteiger partial charge in [-0.2, -0.15) is 5.10 Å². The largest absolute Gasteiger partial charge is 0.489 e. The monoisotopic (exact) mass is 442 g/mol. The number of amides is 1. The van der Waals surface area contributed by atoms with Crippen molar-refractivity contribution in [3.05, 3.63) is 72.3 Å². The number of fused-ring (bicyclic) bond motifs is 1. The van der Waals surface area contributed by atoms with E-state index in [1.54, 1.807) is 4.52 Å². The molecule has 8 heteroatoms. The van der Waals surface area contributed by atoms with E-state index in [1.807, 2.05) is 54.6 Å². The molecule has 1 amide bonds. The third kappa shape index (κ3) is 4.24. The molecule has 0 saturated heterocycles. The predicted octanol–water partition coefficient (Wildman–Crippen LogP) is 3.71. The molecule has 168 valence electrons. The molecule has 33 heavy (non-hydrogen) atoms. The number of ether oxygens (including phenoxy) is 1. The fraction of sp³-hybridized carbons (Fsp3) is 0.280. The number of hydrogen-bond acceptors (Lipinski definition) is 6. The number of carbonyl (C=O) groups is 1. The number of anilines is 1. The van der Waals surface area contributed by atoms with Crippen LogP contribution in [0.1, 0.15) is 43.0 Å². The Morgan fingerprint density at radius 3 is 2.61 bits per heavy atom. The van der Waals surface area contributed by atoms with Crippen LogP contribution in [-0.4, -0.2) is 25.5 Å². The second kappa shape index (κ2) is 8.90. The molecule has 4 N–H and O–H groups in total. The first-order valence-corrected chi connectivity index (χ1v) is 11.2. The van der Waals surface area contributed by atoms with Gasteiger partial charge < -0.3 is 16.2 Å². The molecule has 5 rings (SSSR count). The molecule has 4 aromatic rings. The lowest BCUT2D eigenvalue weighted by molar-refractivity contribution is -0.122. The third-order valence-corrected chi connectivity index (χ3v) is 6.34. The summed E-state index contributed by atoms with van der Waals surface area (Å²) in [4.78, 5) is 20.8. The molecule has 0 bridgehead atoms. The van der Waals surface area contributed by atoms with E-state index in [-0.39, 0.29) is 17.7 Å². The van der Waals surface area contributed by atoms with Crippen LogP contribution in [0.15, 0.2) is 60.9 Å². The van der Waals surface area contributed by atoms with Crippen LogP contribution < -0.4 is 16.2 Å². The Bertz CT molecular complexity index is 1280. The highest BCUT2D eigenvalue weighted by molar-refractivity contribution is 5.85. The Balaban J connectivity index is 1.47. The summed E-state index contributed by atoms with van der Waals surface area (Å²) in [5.41, 5.74) is 15.2. The van der Waals surface area contributed by atoms with Gasteiger partial charge in [-0.1, -0.05) is 42.5 Å². The Hall–Kier alpha value is -3.94. The number of nitrogen functional groups attached to an aromatic ring is 1. The number of imidazole rings is 1. The van der Waals surface area contributed by atoms with Gasteiger partial charge in [0.15, 0.2) is 5.82 Å². The van der Waals surface area contributed by atoms with Crippen molar-refractivity contribution in [3.8, 4) is 17.0 Å². The van der Waals surface area contributed by atoms with Crippen LogP contribution in [0.4, 0.5) is 5.82 Å². The number of carbonyl (C=O) groups excluding carboxylic acids is 1. The molecule has 1 aliphatic rings. The van der Waals surface area contributed by atoms with Crippen LogP contribution in [0.5, 0.6) is 5.75 Å². The summed E-state index contributed by atoms with van der Waals surface area (Å²) in [7, 11) is 0. The van der Waals surface area contributed by atoms with Crippen molar-refractivity contribution < 1.29 is 9.53 Å². The van der Waals surface area contributed by atoms with Crippen molar-refractivity contribution in [2.24, 2.45) is 11.7 Å². The number of aromatic nitrogens is 4. The molecule has 2 aromatic heterocycles. The topological polar surface area (TPSA) is 121 Å². The summed E-state index contributed by atoms with van der Waals surface area (Å²) >= 11 is 0. The molecule has 0 radical (unpaired) electrons. The van der Waals surface area contributed by atoms with Gasteiger partial charge in [-0.25, -0.2) is 14.5 Å². The molecule has 1 aliphatic carbocycles. The third-order valence-electron chi connectivity index (χ3n) is 6.34. The summed E-state index contributed by atoms with van der Waals surface area (Å²) < 4.78 is 7.81. The Morgan fingerprint density at radius 2 is 1.85 bits per heavy atom. The van der Waals surface area contributed by atoms with E-state index in [0.29, 0.717) is 17.9 Å². The first-order valence-electron chi connectivity index (χ1n) is 11.2. The highest BCUT2D eigenvalue weighted by Gasteiger charge is 2.30. The zero-order chi connectivity index (χ0) is 22.8. The molecule has 0 aliphatic heterocycles. The normalized spacial score (nSPS) is 18.3. The van der Waals surface area contributed by atoms with Gasteiger partial charge in [0.1, 0.15) is 35.7 Å². The minimum absolute atomic E-state index is 0.0647. The van der Waals surface area contributed by atoms with Crippen molar-refractivity contribution in [3.63, 3.8) is 0 Å².